The van der Waals surface area contributed by atoms with Gasteiger partial charge in [0.15, 0.2) is 0 Å². The van der Waals surface area contributed by atoms with Gasteiger partial charge in [-0.3, -0.25) is 0 Å². The van der Waals surface area contributed by atoms with Gasteiger partial charge in [0.2, 0.25) is 0 Å². The Bertz CT molecular complexity index is 311. The van der Waals surface area contributed by atoms with Crippen LogP contribution in [0.4, 0.5) is 4.39 Å². The maximum atomic E-state index is 13.0. The summed E-state index contributed by atoms with van der Waals surface area (Å²) in [5, 5.41) is 0. The molecule has 0 spiro atoms. The molecule has 1 aromatic carbocycles. The van der Waals surface area contributed by atoms with Crippen molar-refractivity contribution in [1.82, 2.24) is 0 Å². The molecule has 0 fully saturated rings. The molecule has 0 saturated carbocycles. The number of rotatable bonds is 6. The van der Waals surface area contributed by atoms with Crippen LogP contribution >= 0.6 is 0 Å². The fourth-order valence-corrected chi connectivity index (χ4v) is 2.17. The van der Waals surface area contributed by atoms with E-state index in [-0.39, 0.29) is 5.82 Å². The molecule has 0 radical (unpaired) electrons. The molecule has 0 aliphatic rings. The Morgan fingerprint density at radius 3 is 2.69 bits per heavy atom. The third-order valence-electron chi connectivity index (χ3n) is 3.24. The van der Waals surface area contributed by atoms with Gasteiger partial charge in [-0.05, 0) is 42.5 Å². The first kappa shape index (κ1) is 13.2. The minimum atomic E-state index is -0.156. The number of nitrogens with two attached hydrogens (primary N) is 1. The largest absolute Gasteiger partial charge is 0.330 e. The monoisotopic (exact) mass is 223 g/mol. The molecule has 1 aromatic rings. The zero-order valence-electron chi connectivity index (χ0n) is 10.2. The lowest BCUT2D eigenvalue weighted by Crippen LogP contribution is -2.23. The Hall–Kier alpha value is -0.890. The van der Waals surface area contributed by atoms with Gasteiger partial charge in [-0.15, -0.1) is 0 Å². The molecule has 0 saturated heterocycles. The molecule has 90 valence electrons. The number of hydrogen-bond acceptors (Lipinski definition) is 1. The van der Waals surface area contributed by atoms with Crippen molar-refractivity contribution in [1.29, 1.82) is 0 Å². The second kappa shape index (κ2) is 6.64. The topological polar surface area (TPSA) is 26.0 Å². The Morgan fingerprint density at radius 2 is 2.12 bits per heavy atom. The highest BCUT2D eigenvalue weighted by Gasteiger charge is 2.15. The molecule has 0 bridgehead atoms. The number of halogens is 1. The predicted octanol–water partition coefficient (Wildman–Crippen LogP) is 3.38. The Labute approximate surface area is 97.9 Å². The van der Waals surface area contributed by atoms with E-state index >= 15 is 0 Å². The Morgan fingerprint density at radius 1 is 1.38 bits per heavy atom. The van der Waals surface area contributed by atoms with Crippen molar-refractivity contribution in [2.45, 2.75) is 33.1 Å². The molecule has 0 aliphatic heterocycles. The van der Waals surface area contributed by atoms with Crippen molar-refractivity contribution in [3.05, 3.63) is 35.6 Å². The van der Waals surface area contributed by atoms with Crippen molar-refractivity contribution in [2.75, 3.05) is 6.54 Å². The van der Waals surface area contributed by atoms with Crippen molar-refractivity contribution in [3.8, 4) is 0 Å². The van der Waals surface area contributed by atoms with Crippen LogP contribution in [-0.4, -0.2) is 6.54 Å². The van der Waals surface area contributed by atoms with Gasteiger partial charge in [-0.2, -0.15) is 0 Å². The van der Waals surface area contributed by atoms with E-state index in [1.54, 1.807) is 12.1 Å². The summed E-state index contributed by atoms with van der Waals surface area (Å²) in [7, 11) is 0. The van der Waals surface area contributed by atoms with Gasteiger partial charge in [-0.25, -0.2) is 4.39 Å². The fourth-order valence-electron chi connectivity index (χ4n) is 2.17. The van der Waals surface area contributed by atoms with E-state index in [2.05, 4.69) is 13.8 Å². The van der Waals surface area contributed by atoms with E-state index in [9.17, 15) is 4.39 Å². The van der Waals surface area contributed by atoms with Crippen LogP contribution in [-0.2, 0) is 6.42 Å². The lowest BCUT2D eigenvalue weighted by atomic mass is 9.85. The first-order chi connectivity index (χ1) is 7.67. The van der Waals surface area contributed by atoms with Gasteiger partial charge in [-0.1, -0.05) is 38.8 Å². The van der Waals surface area contributed by atoms with E-state index in [0.717, 1.165) is 12.0 Å². The van der Waals surface area contributed by atoms with Gasteiger partial charge in [0.1, 0.15) is 5.82 Å². The van der Waals surface area contributed by atoms with E-state index in [4.69, 9.17) is 5.73 Å². The van der Waals surface area contributed by atoms with Crippen LogP contribution in [0.15, 0.2) is 24.3 Å². The second-order valence-corrected chi connectivity index (χ2v) is 4.60. The molecule has 16 heavy (non-hydrogen) atoms. The highest BCUT2D eigenvalue weighted by Crippen LogP contribution is 2.21. The molecule has 0 amide bonds. The smallest absolute Gasteiger partial charge is 0.123 e. The summed E-state index contributed by atoms with van der Waals surface area (Å²) in [4.78, 5) is 0. The SMILES string of the molecule is CCCC(C)C(CN)Cc1cccc(F)c1. The molecule has 2 unspecified atom stereocenters. The molecule has 2 atom stereocenters. The third kappa shape index (κ3) is 3.93. The van der Waals surface area contributed by atoms with E-state index in [1.807, 2.05) is 6.07 Å². The zero-order chi connectivity index (χ0) is 12.0. The van der Waals surface area contributed by atoms with Crippen LogP contribution in [0.5, 0.6) is 0 Å². The average molecular weight is 223 g/mol. The molecule has 1 nitrogen and oxygen atoms in total. The molecule has 0 heterocycles. The first-order valence-electron chi connectivity index (χ1n) is 6.11. The van der Waals surface area contributed by atoms with Crippen molar-refractivity contribution in [3.63, 3.8) is 0 Å². The summed E-state index contributed by atoms with van der Waals surface area (Å²) in [5.74, 6) is 0.913. The lowest BCUT2D eigenvalue weighted by Gasteiger charge is -2.22. The average Bonchev–Trinajstić information content (AvgIpc) is 2.26. The minimum Gasteiger partial charge on any atom is -0.330 e. The van der Waals surface area contributed by atoms with Crippen LogP contribution in [0, 0.1) is 17.7 Å². The van der Waals surface area contributed by atoms with Crippen LogP contribution in [0.25, 0.3) is 0 Å². The molecular formula is C14H22FN. The summed E-state index contributed by atoms with van der Waals surface area (Å²) >= 11 is 0. The second-order valence-electron chi connectivity index (χ2n) is 4.60. The molecule has 2 heteroatoms. The molecule has 0 aliphatic carbocycles. The fraction of sp³-hybridized carbons (Fsp3) is 0.571. The summed E-state index contributed by atoms with van der Waals surface area (Å²) < 4.78 is 13.0. The summed E-state index contributed by atoms with van der Waals surface area (Å²) in [6.07, 6.45) is 3.26. The minimum absolute atomic E-state index is 0.156. The van der Waals surface area contributed by atoms with E-state index in [0.29, 0.717) is 18.4 Å². The number of hydrogen-bond donors (Lipinski definition) is 1. The predicted molar refractivity (Wildman–Crippen MR) is 66.7 cm³/mol. The van der Waals surface area contributed by atoms with Crippen molar-refractivity contribution in [2.24, 2.45) is 17.6 Å². The molecular weight excluding hydrogens is 201 g/mol. The normalized spacial score (nSPS) is 14.8. The molecule has 1 rings (SSSR count). The quantitative estimate of drug-likeness (QED) is 0.786. The van der Waals surface area contributed by atoms with Crippen molar-refractivity contribution >= 4 is 0 Å². The van der Waals surface area contributed by atoms with Crippen LogP contribution in [0.2, 0.25) is 0 Å². The Balaban J connectivity index is 2.62. The lowest BCUT2D eigenvalue weighted by molar-refractivity contribution is 0.340. The maximum absolute atomic E-state index is 13.0. The van der Waals surface area contributed by atoms with Gasteiger partial charge < -0.3 is 5.73 Å². The molecule has 2 N–H and O–H groups in total. The zero-order valence-corrected chi connectivity index (χ0v) is 10.2. The van der Waals surface area contributed by atoms with Crippen LogP contribution in [0.1, 0.15) is 32.3 Å². The van der Waals surface area contributed by atoms with Crippen molar-refractivity contribution < 1.29 is 4.39 Å². The van der Waals surface area contributed by atoms with E-state index < -0.39 is 0 Å². The van der Waals surface area contributed by atoms with Crippen LogP contribution in [0.3, 0.4) is 0 Å². The Kier molecular flexibility index (Phi) is 5.47. The van der Waals surface area contributed by atoms with E-state index in [1.165, 1.54) is 18.9 Å². The highest BCUT2D eigenvalue weighted by molar-refractivity contribution is 5.17. The van der Waals surface area contributed by atoms with Gasteiger partial charge in [0, 0.05) is 0 Å². The highest BCUT2D eigenvalue weighted by atomic mass is 19.1. The summed E-state index contributed by atoms with van der Waals surface area (Å²) in [5.41, 5.74) is 6.85. The standard InChI is InChI=1S/C14H22FN/c1-3-5-11(2)13(10-16)8-12-6-4-7-14(15)9-12/h4,6-7,9,11,13H,3,5,8,10,16H2,1-2H3. The molecule has 0 aromatic heterocycles. The summed E-state index contributed by atoms with van der Waals surface area (Å²) in [6, 6.07) is 6.84. The van der Waals surface area contributed by atoms with Gasteiger partial charge in [0.05, 0.1) is 0 Å². The number of benzene rings is 1. The van der Waals surface area contributed by atoms with Gasteiger partial charge in [0.25, 0.3) is 0 Å². The summed E-state index contributed by atoms with van der Waals surface area (Å²) in [6.45, 7) is 5.10. The van der Waals surface area contributed by atoms with Gasteiger partial charge >= 0.3 is 0 Å². The van der Waals surface area contributed by atoms with Crippen LogP contribution < -0.4 is 5.73 Å². The third-order valence-corrected chi connectivity index (χ3v) is 3.24. The first-order valence-corrected chi connectivity index (χ1v) is 6.11. The maximum Gasteiger partial charge on any atom is 0.123 e.